The number of rotatable bonds is 2. The highest BCUT2D eigenvalue weighted by Crippen LogP contribution is 2.18. The van der Waals surface area contributed by atoms with Gasteiger partial charge < -0.3 is 9.64 Å². The third kappa shape index (κ3) is 2.97. The van der Waals surface area contributed by atoms with Gasteiger partial charge in [-0.05, 0) is 26.0 Å². The van der Waals surface area contributed by atoms with E-state index >= 15 is 0 Å². The van der Waals surface area contributed by atoms with E-state index in [0.29, 0.717) is 25.3 Å². The van der Waals surface area contributed by atoms with Crippen molar-refractivity contribution >= 4 is 5.91 Å². The van der Waals surface area contributed by atoms with E-state index in [2.05, 4.69) is 5.10 Å². The predicted octanol–water partition coefficient (Wildman–Crippen LogP) is 2.12. The molecule has 1 amide bonds. The van der Waals surface area contributed by atoms with Crippen molar-refractivity contribution < 1.29 is 9.53 Å². The van der Waals surface area contributed by atoms with E-state index in [-0.39, 0.29) is 11.5 Å². The van der Waals surface area contributed by atoms with Crippen LogP contribution in [0.2, 0.25) is 0 Å². The van der Waals surface area contributed by atoms with Gasteiger partial charge in [0.1, 0.15) is 0 Å². The van der Waals surface area contributed by atoms with E-state index < -0.39 is 0 Å². The average molecular weight is 285 g/mol. The topological polar surface area (TPSA) is 47.4 Å². The lowest BCUT2D eigenvalue weighted by Gasteiger charge is -2.37. The molecule has 1 fully saturated rings. The third-order valence-corrected chi connectivity index (χ3v) is 3.56. The highest BCUT2D eigenvalue weighted by molar-refractivity contribution is 5.94. The largest absolute Gasteiger partial charge is 0.372 e. The fraction of sp³-hybridized carbons (Fsp3) is 0.375. The first-order valence-corrected chi connectivity index (χ1v) is 7.08. The number of carbonyl (C=O) groups excluding carboxylic acids is 1. The van der Waals surface area contributed by atoms with Crippen LogP contribution < -0.4 is 0 Å². The van der Waals surface area contributed by atoms with Gasteiger partial charge >= 0.3 is 0 Å². The number of nitrogens with zero attached hydrogens (tertiary/aromatic N) is 3. The van der Waals surface area contributed by atoms with Gasteiger partial charge in [-0.15, -0.1) is 0 Å². The summed E-state index contributed by atoms with van der Waals surface area (Å²) in [6.45, 7) is 5.80. The van der Waals surface area contributed by atoms with Crippen LogP contribution in [0, 0.1) is 0 Å². The summed E-state index contributed by atoms with van der Waals surface area (Å²) in [5.74, 6) is 0.00792. The molecule has 2 heterocycles. The monoisotopic (exact) mass is 285 g/mol. The van der Waals surface area contributed by atoms with Crippen molar-refractivity contribution in [2.75, 3.05) is 19.7 Å². The lowest BCUT2D eigenvalue weighted by Crippen LogP contribution is -2.50. The average Bonchev–Trinajstić information content (AvgIpc) is 2.96. The fourth-order valence-corrected chi connectivity index (χ4v) is 2.53. The van der Waals surface area contributed by atoms with Crippen molar-refractivity contribution in [2.45, 2.75) is 19.4 Å². The van der Waals surface area contributed by atoms with E-state index in [0.717, 1.165) is 5.69 Å². The van der Waals surface area contributed by atoms with Gasteiger partial charge in [0.15, 0.2) is 0 Å². The molecule has 0 aliphatic carbocycles. The molecule has 0 saturated carbocycles. The number of hydrogen-bond acceptors (Lipinski definition) is 3. The molecule has 0 radical (unpaired) electrons. The minimum Gasteiger partial charge on any atom is -0.372 e. The van der Waals surface area contributed by atoms with E-state index in [9.17, 15) is 4.79 Å². The first kappa shape index (κ1) is 13.8. The van der Waals surface area contributed by atoms with Crippen molar-refractivity contribution in [1.29, 1.82) is 0 Å². The van der Waals surface area contributed by atoms with Crippen LogP contribution in [0.4, 0.5) is 0 Å². The predicted molar refractivity (Wildman–Crippen MR) is 79.5 cm³/mol. The Morgan fingerprint density at radius 1 is 1.29 bits per heavy atom. The Kier molecular flexibility index (Phi) is 3.51. The summed E-state index contributed by atoms with van der Waals surface area (Å²) in [5, 5.41) is 4.28. The zero-order valence-corrected chi connectivity index (χ0v) is 12.3. The lowest BCUT2D eigenvalue weighted by molar-refractivity contribution is -0.0764. The Labute approximate surface area is 124 Å². The van der Waals surface area contributed by atoms with Gasteiger partial charge in [-0.2, -0.15) is 5.10 Å². The first-order chi connectivity index (χ1) is 10.1. The number of amides is 1. The maximum Gasteiger partial charge on any atom is 0.257 e. The Morgan fingerprint density at radius 3 is 2.76 bits per heavy atom. The number of para-hydroxylation sites is 1. The molecule has 5 nitrogen and oxygen atoms in total. The Hall–Kier alpha value is -2.14. The second kappa shape index (κ2) is 5.33. The lowest BCUT2D eigenvalue weighted by atomic mass is 10.1. The molecule has 110 valence electrons. The second-order valence-electron chi connectivity index (χ2n) is 5.84. The Morgan fingerprint density at radius 2 is 2.05 bits per heavy atom. The minimum atomic E-state index is -0.288. The Bertz CT molecular complexity index is 634. The van der Waals surface area contributed by atoms with Gasteiger partial charge in [-0.25, -0.2) is 4.68 Å². The van der Waals surface area contributed by atoms with E-state index in [4.69, 9.17) is 4.74 Å². The molecule has 2 aromatic rings. The van der Waals surface area contributed by atoms with Crippen molar-refractivity contribution in [3.05, 3.63) is 48.3 Å². The molecular formula is C16H19N3O2. The van der Waals surface area contributed by atoms with Crippen LogP contribution in [0.5, 0.6) is 0 Å². The molecule has 1 aromatic carbocycles. The minimum absolute atomic E-state index is 0.00792. The first-order valence-electron chi connectivity index (χ1n) is 7.08. The van der Waals surface area contributed by atoms with Crippen LogP contribution in [0.3, 0.4) is 0 Å². The molecule has 0 N–H and O–H groups in total. The van der Waals surface area contributed by atoms with Crippen LogP contribution in [0.1, 0.15) is 24.2 Å². The number of aromatic nitrogens is 2. The fourth-order valence-electron chi connectivity index (χ4n) is 2.53. The highest BCUT2D eigenvalue weighted by atomic mass is 16.5. The van der Waals surface area contributed by atoms with Crippen LogP contribution in [-0.2, 0) is 4.74 Å². The van der Waals surface area contributed by atoms with Gasteiger partial charge in [-0.3, -0.25) is 4.79 Å². The van der Waals surface area contributed by atoms with Crippen molar-refractivity contribution in [3.8, 4) is 5.69 Å². The zero-order valence-electron chi connectivity index (χ0n) is 12.3. The summed E-state index contributed by atoms with van der Waals surface area (Å²) in [6.07, 6.45) is 3.40. The third-order valence-electron chi connectivity index (χ3n) is 3.56. The Balaban J connectivity index is 1.78. The molecule has 1 aliphatic heterocycles. The maximum atomic E-state index is 12.5. The molecule has 5 heteroatoms. The van der Waals surface area contributed by atoms with Crippen molar-refractivity contribution in [1.82, 2.24) is 14.7 Å². The normalized spacial score (nSPS) is 17.7. The molecule has 3 rings (SSSR count). The summed E-state index contributed by atoms with van der Waals surface area (Å²) >= 11 is 0. The summed E-state index contributed by atoms with van der Waals surface area (Å²) in [5.41, 5.74) is 1.26. The van der Waals surface area contributed by atoms with Crippen LogP contribution in [0.15, 0.2) is 42.7 Å². The SMILES string of the molecule is CC1(C)CN(C(=O)c2cnn(-c3ccccc3)c2)CCO1. The molecule has 1 aromatic heterocycles. The highest BCUT2D eigenvalue weighted by Gasteiger charge is 2.30. The van der Waals surface area contributed by atoms with E-state index in [1.807, 2.05) is 49.1 Å². The van der Waals surface area contributed by atoms with Crippen LogP contribution >= 0.6 is 0 Å². The molecule has 0 atom stereocenters. The number of hydrogen-bond donors (Lipinski definition) is 0. The molecule has 0 bridgehead atoms. The number of carbonyl (C=O) groups is 1. The zero-order chi connectivity index (χ0) is 14.9. The number of morpholine rings is 1. The summed E-state index contributed by atoms with van der Waals surface area (Å²) in [4.78, 5) is 14.4. The van der Waals surface area contributed by atoms with Gasteiger partial charge in [-0.1, -0.05) is 18.2 Å². The van der Waals surface area contributed by atoms with Crippen LogP contribution in [-0.4, -0.2) is 45.9 Å². The van der Waals surface area contributed by atoms with Crippen LogP contribution in [0.25, 0.3) is 5.69 Å². The van der Waals surface area contributed by atoms with Crippen molar-refractivity contribution in [2.24, 2.45) is 0 Å². The molecular weight excluding hydrogens is 266 g/mol. The summed E-state index contributed by atoms with van der Waals surface area (Å²) < 4.78 is 7.36. The van der Waals surface area contributed by atoms with Crippen molar-refractivity contribution in [3.63, 3.8) is 0 Å². The molecule has 1 saturated heterocycles. The standard InChI is InChI=1S/C16H19N3O2/c1-16(2)12-18(8-9-21-16)15(20)13-10-17-19(11-13)14-6-4-3-5-7-14/h3-7,10-11H,8-9,12H2,1-2H3. The number of ether oxygens (including phenoxy) is 1. The smallest absolute Gasteiger partial charge is 0.257 e. The van der Waals surface area contributed by atoms with Gasteiger partial charge in [0, 0.05) is 19.3 Å². The van der Waals surface area contributed by atoms with E-state index in [1.54, 1.807) is 17.1 Å². The second-order valence-corrected chi connectivity index (χ2v) is 5.84. The molecule has 0 unspecified atom stereocenters. The van der Waals surface area contributed by atoms with Gasteiger partial charge in [0.25, 0.3) is 5.91 Å². The summed E-state index contributed by atoms with van der Waals surface area (Å²) in [6, 6.07) is 9.76. The quantitative estimate of drug-likeness (QED) is 0.849. The number of benzene rings is 1. The van der Waals surface area contributed by atoms with E-state index in [1.165, 1.54) is 0 Å². The maximum absolute atomic E-state index is 12.5. The summed E-state index contributed by atoms with van der Waals surface area (Å²) in [7, 11) is 0. The van der Waals surface area contributed by atoms with Gasteiger partial charge in [0.05, 0.1) is 29.7 Å². The molecule has 1 aliphatic rings. The van der Waals surface area contributed by atoms with Gasteiger partial charge in [0.2, 0.25) is 0 Å². The molecule has 21 heavy (non-hydrogen) atoms. The molecule has 0 spiro atoms.